The summed E-state index contributed by atoms with van der Waals surface area (Å²) in [4.78, 5) is 12.6. The Morgan fingerprint density at radius 1 is 1.33 bits per heavy atom. The molecule has 0 aromatic heterocycles. The van der Waals surface area contributed by atoms with E-state index in [0.717, 1.165) is 18.2 Å². The minimum Gasteiger partial charge on any atom is -0.211 e. The zero-order valence-electron chi connectivity index (χ0n) is 5.64. The number of hydrogen-bond donors (Lipinski definition) is 0. The van der Waals surface area contributed by atoms with Gasteiger partial charge >= 0.3 is 0 Å². The predicted molar refractivity (Wildman–Crippen MR) is 46.9 cm³/mol. The molecule has 0 unspecified atom stereocenters. The molecule has 0 radical (unpaired) electrons. The fourth-order valence-corrected chi connectivity index (χ4v) is 1.23. The van der Waals surface area contributed by atoms with Crippen molar-refractivity contribution in [2.45, 2.75) is 0 Å². The van der Waals surface area contributed by atoms with Crippen molar-refractivity contribution in [3.63, 3.8) is 0 Å². The van der Waals surface area contributed by atoms with Crippen molar-refractivity contribution < 1.29 is 13.6 Å². The summed E-state index contributed by atoms with van der Waals surface area (Å²) in [6, 6.07) is 2.17. The molecule has 62 valence electrons. The van der Waals surface area contributed by atoms with Crippen LogP contribution < -0.4 is 0 Å². The molecule has 1 aromatic carbocycles. The molecule has 0 spiro atoms. The van der Waals surface area contributed by atoms with Gasteiger partial charge in [0.25, 0.3) is 0 Å². The average Bonchev–Trinajstić information content (AvgIpc) is 1.96. The lowest BCUT2D eigenvalue weighted by atomic mass is 10.3. The highest BCUT2D eigenvalue weighted by molar-refractivity contribution is 14.1. The third-order valence-electron chi connectivity index (χ3n) is 1.14. The van der Waals surface area contributed by atoms with Gasteiger partial charge in [-0.2, -0.15) is 4.99 Å². The molecule has 12 heavy (non-hydrogen) atoms. The molecule has 1 rings (SSSR count). The molecular formula is C7H2F2INO. The standard InChI is InChI=1S/C7H2F2INO/c8-5-1-4(10)2-6(9)7(5)11-3-12/h1-2H. The van der Waals surface area contributed by atoms with Gasteiger partial charge in [0, 0.05) is 3.57 Å². The number of benzene rings is 1. The fraction of sp³-hybridized carbons (Fsp3) is 0. The Balaban J connectivity index is 3.37. The molecule has 0 aliphatic rings. The number of rotatable bonds is 1. The van der Waals surface area contributed by atoms with E-state index in [1.54, 1.807) is 22.6 Å². The molecule has 0 heterocycles. The Morgan fingerprint density at radius 2 is 1.83 bits per heavy atom. The number of aliphatic imine (C=N–C) groups is 1. The Hall–Kier alpha value is -0.810. The van der Waals surface area contributed by atoms with Crippen LogP contribution in [0.25, 0.3) is 0 Å². The SMILES string of the molecule is O=C=Nc1c(F)cc(I)cc1F. The van der Waals surface area contributed by atoms with Crippen LogP contribution in [0.4, 0.5) is 14.5 Å². The van der Waals surface area contributed by atoms with E-state index in [1.807, 2.05) is 0 Å². The van der Waals surface area contributed by atoms with Gasteiger partial charge in [0.15, 0.2) is 11.6 Å². The molecule has 0 bridgehead atoms. The summed E-state index contributed by atoms with van der Waals surface area (Å²) in [6.07, 6.45) is 1.08. The monoisotopic (exact) mass is 281 g/mol. The number of nitrogens with zero attached hydrogens (tertiary/aromatic N) is 1. The van der Waals surface area contributed by atoms with E-state index in [4.69, 9.17) is 0 Å². The second kappa shape index (κ2) is 3.73. The van der Waals surface area contributed by atoms with Crippen molar-refractivity contribution >= 4 is 34.4 Å². The fourth-order valence-electron chi connectivity index (χ4n) is 0.687. The van der Waals surface area contributed by atoms with E-state index in [0.29, 0.717) is 3.57 Å². The highest BCUT2D eigenvalue weighted by Gasteiger charge is 2.08. The zero-order chi connectivity index (χ0) is 9.14. The van der Waals surface area contributed by atoms with Gasteiger partial charge in [-0.05, 0) is 34.7 Å². The van der Waals surface area contributed by atoms with E-state index in [2.05, 4.69) is 4.99 Å². The number of carbonyl (C=O) groups excluding carboxylic acids is 1. The van der Waals surface area contributed by atoms with Crippen LogP contribution >= 0.6 is 22.6 Å². The van der Waals surface area contributed by atoms with E-state index in [-0.39, 0.29) is 0 Å². The molecule has 5 heteroatoms. The van der Waals surface area contributed by atoms with Gasteiger partial charge in [-0.15, -0.1) is 0 Å². The zero-order valence-corrected chi connectivity index (χ0v) is 7.80. The topological polar surface area (TPSA) is 29.4 Å². The van der Waals surface area contributed by atoms with Crippen LogP contribution in [-0.2, 0) is 4.79 Å². The number of hydrogen-bond acceptors (Lipinski definition) is 2. The van der Waals surface area contributed by atoms with Crippen LogP contribution in [0.1, 0.15) is 0 Å². The summed E-state index contributed by atoms with van der Waals surface area (Å²) >= 11 is 1.76. The number of halogens is 3. The van der Waals surface area contributed by atoms with Crippen LogP contribution in [0.3, 0.4) is 0 Å². The van der Waals surface area contributed by atoms with Crippen LogP contribution in [0.2, 0.25) is 0 Å². The summed E-state index contributed by atoms with van der Waals surface area (Å²) < 4.78 is 26.0. The normalized spacial score (nSPS) is 9.25. The lowest BCUT2D eigenvalue weighted by Gasteiger charge is -1.96. The first kappa shape index (κ1) is 9.28. The largest absolute Gasteiger partial charge is 0.240 e. The molecule has 2 nitrogen and oxygen atoms in total. The highest BCUT2D eigenvalue weighted by atomic mass is 127. The van der Waals surface area contributed by atoms with Crippen LogP contribution in [0, 0.1) is 15.2 Å². The van der Waals surface area contributed by atoms with E-state index in [1.165, 1.54) is 0 Å². The summed E-state index contributed by atoms with van der Waals surface area (Å²) in [6.45, 7) is 0. The third-order valence-corrected chi connectivity index (χ3v) is 1.76. The van der Waals surface area contributed by atoms with E-state index in [9.17, 15) is 13.6 Å². The minimum absolute atomic E-state index is 0.410. The molecule has 1 aromatic rings. The Labute approximate surface area is 80.4 Å². The van der Waals surface area contributed by atoms with E-state index < -0.39 is 17.3 Å². The van der Waals surface area contributed by atoms with Gasteiger partial charge in [0.1, 0.15) is 5.69 Å². The van der Waals surface area contributed by atoms with Crippen molar-refractivity contribution in [3.8, 4) is 0 Å². The van der Waals surface area contributed by atoms with Gasteiger partial charge in [0.2, 0.25) is 6.08 Å². The Bertz CT molecular complexity index is 337. The Morgan fingerprint density at radius 3 is 2.25 bits per heavy atom. The quantitative estimate of drug-likeness (QED) is 0.442. The van der Waals surface area contributed by atoms with E-state index >= 15 is 0 Å². The molecule has 0 atom stereocenters. The van der Waals surface area contributed by atoms with Gasteiger partial charge in [-0.25, -0.2) is 13.6 Å². The highest BCUT2D eigenvalue weighted by Crippen LogP contribution is 2.23. The first-order chi connectivity index (χ1) is 5.65. The summed E-state index contributed by atoms with van der Waals surface area (Å²) in [5, 5.41) is 0. The smallest absolute Gasteiger partial charge is 0.211 e. The van der Waals surface area contributed by atoms with Gasteiger partial charge in [-0.3, -0.25) is 0 Å². The maximum absolute atomic E-state index is 12.8. The molecule has 0 fully saturated rings. The maximum Gasteiger partial charge on any atom is 0.240 e. The lowest BCUT2D eigenvalue weighted by Crippen LogP contribution is -1.84. The number of isocyanates is 1. The Kier molecular flexibility index (Phi) is 2.88. The lowest BCUT2D eigenvalue weighted by molar-refractivity contribution is 0.560. The van der Waals surface area contributed by atoms with Crippen molar-refractivity contribution in [1.29, 1.82) is 0 Å². The van der Waals surface area contributed by atoms with Crippen LogP contribution in [-0.4, -0.2) is 6.08 Å². The second-order valence-corrected chi connectivity index (χ2v) is 3.17. The maximum atomic E-state index is 12.8. The van der Waals surface area contributed by atoms with Crippen molar-refractivity contribution in [2.24, 2.45) is 4.99 Å². The molecule has 0 aliphatic carbocycles. The molecule has 0 amide bonds. The van der Waals surface area contributed by atoms with Crippen molar-refractivity contribution in [3.05, 3.63) is 27.3 Å². The molecule has 0 saturated heterocycles. The average molecular weight is 281 g/mol. The minimum atomic E-state index is -0.859. The van der Waals surface area contributed by atoms with Crippen molar-refractivity contribution in [1.82, 2.24) is 0 Å². The first-order valence-electron chi connectivity index (χ1n) is 2.87. The molecule has 0 aliphatic heterocycles. The predicted octanol–water partition coefficient (Wildman–Crippen LogP) is 2.54. The van der Waals surface area contributed by atoms with Crippen LogP contribution in [0.5, 0.6) is 0 Å². The van der Waals surface area contributed by atoms with Gasteiger partial charge < -0.3 is 0 Å². The first-order valence-corrected chi connectivity index (χ1v) is 3.95. The van der Waals surface area contributed by atoms with Crippen molar-refractivity contribution in [2.75, 3.05) is 0 Å². The summed E-state index contributed by atoms with van der Waals surface area (Å²) in [5.41, 5.74) is -0.592. The van der Waals surface area contributed by atoms with Gasteiger partial charge in [-0.1, -0.05) is 0 Å². The third kappa shape index (κ3) is 1.86. The van der Waals surface area contributed by atoms with Crippen LogP contribution in [0.15, 0.2) is 17.1 Å². The molecule has 0 saturated carbocycles. The summed E-state index contributed by atoms with van der Waals surface area (Å²) in [5.74, 6) is -1.72. The summed E-state index contributed by atoms with van der Waals surface area (Å²) in [7, 11) is 0. The second-order valence-electron chi connectivity index (χ2n) is 1.92. The molecule has 0 N–H and O–H groups in total. The van der Waals surface area contributed by atoms with Gasteiger partial charge in [0.05, 0.1) is 0 Å². The molecular weight excluding hydrogens is 279 g/mol.